The molecule has 0 bridgehead atoms. The van der Waals surface area contributed by atoms with Gasteiger partial charge in [-0.25, -0.2) is 8.37 Å². The molecule has 2 aromatic carbocycles. The Morgan fingerprint density at radius 2 is 1.42 bits per heavy atom. The summed E-state index contributed by atoms with van der Waals surface area (Å²) in [6.45, 7) is 0. The van der Waals surface area contributed by atoms with Crippen LogP contribution in [-0.2, 0) is 25.2 Å². The van der Waals surface area contributed by atoms with Gasteiger partial charge >= 0.3 is 10.4 Å². The predicted octanol–water partition coefficient (Wildman–Crippen LogP) is 2.57. The molecule has 98 valence electrons. The van der Waals surface area contributed by atoms with Crippen LogP contribution in [0.5, 0.6) is 0 Å². The van der Waals surface area contributed by atoms with E-state index in [2.05, 4.69) is 20.5 Å². The molecule has 1 aliphatic rings. The van der Waals surface area contributed by atoms with E-state index in [0.29, 0.717) is 5.56 Å². The summed E-state index contributed by atoms with van der Waals surface area (Å²) in [5, 5.41) is 0. The molecule has 19 heavy (non-hydrogen) atoms. The van der Waals surface area contributed by atoms with E-state index in [4.69, 9.17) is 0 Å². The van der Waals surface area contributed by atoms with Gasteiger partial charge < -0.3 is 0 Å². The lowest BCUT2D eigenvalue weighted by Crippen LogP contribution is -2.28. The maximum absolute atomic E-state index is 10.7. The van der Waals surface area contributed by atoms with E-state index in [-0.39, 0.29) is 0 Å². The number of benzene rings is 2. The number of hydrogen-bond acceptors (Lipinski definition) is 4. The smallest absolute Gasteiger partial charge is 0.210 e. The molecule has 0 aliphatic carbocycles. The molecular weight excluding hydrogens is 264 g/mol. The first-order valence-electron chi connectivity index (χ1n) is 5.87. The summed E-state index contributed by atoms with van der Waals surface area (Å²) in [4.78, 5) is 0. The van der Waals surface area contributed by atoms with Crippen LogP contribution in [0.2, 0.25) is 0 Å². The summed E-state index contributed by atoms with van der Waals surface area (Å²) in [5.74, 6) is 0. The first kappa shape index (κ1) is 12.3. The maximum Gasteiger partial charge on any atom is 0.405 e. The van der Waals surface area contributed by atoms with Gasteiger partial charge in [0.15, 0.2) is 0 Å². The Hall–Kier alpha value is -1.69. The molecule has 1 saturated heterocycles. The zero-order valence-electron chi connectivity index (χ0n) is 10.0. The molecule has 0 radical (unpaired) electrons. The summed E-state index contributed by atoms with van der Waals surface area (Å²) in [5.41, 5.74) is 3.08. The average Bonchev–Trinajstić information content (AvgIpc) is 2.38. The van der Waals surface area contributed by atoms with Crippen LogP contribution in [0.3, 0.4) is 0 Å². The van der Waals surface area contributed by atoms with Crippen molar-refractivity contribution >= 4 is 10.4 Å². The Morgan fingerprint density at radius 3 is 2.00 bits per heavy atom. The van der Waals surface area contributed by atoms with Crippen LogP contribution in [0.25, 0.3) is 0 Å². The highest BCUT2D eigenvalue weighted by Gasteiger charge is 2.37. The third-order valence-electron chi connectivity index (χ3n) is 2.91. The van der Waals surface area contributed by atoms with Crippen LogP contribution >= 0.6 is 0 Å². The number of hydrogen-bond donors (Lipinski definition) is 0. The molecule has 0 aromatic heterocycles. The highest BCUT2D eigenvalue weighted by atomic mass is 32.3. The Kier molecular flexibility index (Phi) is 3.10. The van der Waals surface area contributed by atoms with E-state index in [1.54, 1.807) is 0 Å². The van der Waals surface area contributed by atoms with Crippen LogP contribution in [0.4, 0.5) is 0 Å². The van der Waals surface area contributed by atoms with E-state index in [9.17, 15) is 8.42 Å². The lowest BCUT2D eigenvalue weighted by Gasteiger charge is -2.25. The molecule has 0 atom stereocenters. The molecule has 0 saturated carbocycles. The van der Waals surface area contributed by atoms with Gasteiger partial charge in [-0.2, -0.15) is 8.42 Å². The van der Waals surface area contributed by atoms with Gasteiger partial charge in [0.2, 0.25) is 6.29 Å². The zero-order valence-corrected chi connectivity index (χ0v) is 10.8. The topological polar surface area (TPSA) is 52.6 Å². The van der Waals surface area contributed by atoms with Crippen LogP contribution in [0.15, 0.2) is 54.6 Å². The van der Waals surface area contributed by atoms with E-state index in [1.807, 2.05) is 42.5 Å². The van der Waals surface area contributed by atoms with E-state index < -0.39 is 16.7 Å². The fourth-order valence-electron chi connectivity index (χ4n) is 1.96. The highest BCUT2D eigenvalue weighted by Crippen LogP contribution is 2.33. The van der Waals surface area contributed by atoms with Crippen LogP contribution in [-0.4, -0.2) is 8.42 Å². The molecule has 3 rings (SSSR count). The van der Waals surface area contributed by atoms with E-state index in [1.165, 1.54) is 5.56 Å². The van der Waals surface area contributed by atoms with Crippen molar-refractivity contribution in [1.82, 2.24) is 0 Å². The quantitative estimate of drug-likeness (QED) is 0.864. The van der Waals surface area contributed by atoms with Crippen LogP contribution < -0.4 is 0 Å². The van der Waals surface area contributed by atoms with Gasteiger partial charge in [0, 0.05) is 5.56 Å². The van der Waals surface area contributed by atoms with Gasteiger partial charge in [-0.15, -0.1) is 0 Å². The van der Waals surface area contributed by atoms with Crippen molar-refractivity contribution in [3.8, 4) is 0 Å². The second-order valence-corrected chi connectivity index (χ2v) is 5.54. The largest absolute Gasteiger partial charge is 0.405 e. The summed E-state index contributed by atoms with van der Waals surface area (Å²) >= 11 is 0. The Bertz CT molecular complexity index is 650. The van der Waals surface area contributed by atoms with E-state index in [0.717, 1.165) is 12.0 Å². The van der Waals surface area contributed by atoms with Gasteiger partial charge in [0.1, 0.15) is 0 Å². The molecule has 2 aromatic rings. The molecule has 1 heterocycles. The third-order valence-corrected chi connectivity index (χ3v) is 3.73. The van der Waals surface area contributed by atoms with Crippen molar-refractivity contribution in [2.24, 2.45) is 0 Å². The molecule has 0 N–H and O–H groups in total. The first-order valence-corrected chi connectivity index (χ1v) is 7.20. The van der Waals surface area contributed by atoms with Gasteiger partial charge in [-0.05, 0) is 17.5 Å². The minimum Gasteiger partial charge on any atom is -0.210 e. The molecule has 5 heteroatoms. The molecule has 1 aliphatic heterocycles. The van der Waals surface area contributed by atoms with Crippen molar-refractivity contribution in [1.29, 1.82) is 0 Å². The molecule has 4 nitrogen and oxygen atoms in total. The summed E-state index contributed by atoms with van der Waals surface area (Å²) < 4.78 is 30.7. The second kappa shape index (κ2) is 4.77. The summed E-state index contributed by atoms with van der Waals surface area (Å²) in [6.07, 6.45) is 0.0435. The predicted molar refractivity (Wildman–Crippen MR) is 69.5 cm³/mol. The SMILES string of the molecule is O=S1(=O)OC(c2ccc(Cc3ccccc3)cc2)O1. The van der Waals surface area contributed by atoms with Crippen molar-refractivity contribution in [3.05, 3.63) is 71.3 Å². The molecular formula is C14H12O4S. The summed E-state index contributed by atoms with van der Waals surface area (Å²) in [6, 6.07) is 17.7. The lowest BCUT2D eigenvalue weighted by molar-refractivity contribution is -0.0822. The minimum atomic E-state index is -3.74. The second-order valence-electron chi connectivity index (χ2n) is 4.34. The minimum absolute atomic E-state index is 0.701. The Labute approximate surface area is 111 Å². The number of rotatable bonds is 3. The van der Waals surface area contributed by atoms with Crippen molar-refractivity contribution in [2.75, 3.05) is 0 Å². The van der Waals surface area contributed by atoms with Crippen LogP contribution in [0, 0.1) is 0 Å². The fraction of sp³-hybridized carbons (Fsp3) is 0.143. The Morgan fingerprint density at radius 1 is 0.842 bits per heavy atom. The van der Waals surface area contributed by atoms with Gasteiger partial charge in [-0.3, -0.25) is 0 Å². The molecule has 0 amide bonds. The van der Waals surface area contributed by atoms with Crippen molar-refractivity contribution in [2.45, 2.75) is 12.7 Å². The standard InChI is InChI=1S/C14H12O4S/c15-19(16)17-14(18-19)13-8-6-12(7-9-13)10-11-4-2-1-3-5-11/h1-9,14H,10H2. The average molecular weight is 276 g/mol. The summed E-state index contributed by atoms with van der Waals surface area (Å²) in [7, 11) is -3.74. The maximum atomic E-state index is 10.7. The highest BCUT2D eigenvalue weighted by molar-refractivity contribution is 7.82. The van der Waals surface area contributed by atoms with Gasteiger partial charge in [0.25, 0.3) is 0 Å². The third kappa shape index (κ3) is 2.84. The normalized spacial score (nSPS) is 17.9. The zero-order chi connectivity index (χ0) is 13.3. The molecule has 1 fully saturated rings. The van der Waals surface area contributed by atoms with Crippen molar-refractivity contribution in [3.63, 3.8) is 0 Å². The Balaban J connectivity index is 1.70. The molecule has 0 spiro atoms. The van der Waals surface area contributed by atoms with Gasteiger partial charge in [-0.1, -0.05) is 54.6 Å². The van der Waals surface area contributed by atoms with Gasteiger partial charge in [0.05, 0.1) is 0 Å². The monoisotopic (exact) mass is 276 g/mol. The lowest BCUT2D eigenvalue weighted by atomic mass is 10.0. The van der Waals surface area contributed by atoms with Crippen molar-refractivity contribution < 1.29 is 16.8 Å². The van der Waals surface area contributed by atoms with E-state index >= 15 is 0 Å². The fourth-order valence-corrected chi connectivity index (χ4v) is 2.62. The first-order chi connectivity index (χ1) is 9.12. The van der Waals surface area contributed by atoms with Crippen LogP contribution in [0.1, 0.15) is 23.0 Å². The molecule has 0 unspecified atom stereocenters.